The van der Waals surface area contributed by atoms with Crippen molar-refractivity contribution in [3.05, 3.63) is 29.8 Å². The molecule has 0 saturated heterocycles. The van der Waals surface area contributed by atoms with Gasteiger partial charge in [0.25, 0.3) is 0 Å². The second kappa shape index (κ2) is 6.06. The summed E-state index contributed by atoms with van der Waals surface area (Å²) >= 11 is 0. The van der Waals surface area contributed by atoms with Gasteiger partial charge in [0.15, 0.2) is 0 Å². The number of ether oxygens (including phenoxy) is 1. The van der Waals surface area contributed by atoms with E-state index in [0.717, 1.165) is 18.2 Å². The van der Waals surface area contributed by atoms with Gasteiger partial charge in [-0.2, -0.15) is 0 Å². The normalized spacial score (nSPS) is 24.6. The molecule has 0 radical (unpaired) electrons. The summed E-state index contributed by atoms with van der Waals surface area (Å²) in [4.78, 5) is 0. The van der Waals surface area contributed by atoms with Crippen LogP contribution in [0, 0.1) is 5.92 Å². The van der Waals surface area contributed by atoms with Crippen molar-refractivity contribution in [2.75, 3.05) is 7.11 Å². The summed E-state index contributed by atoms with van der Waals surface area (Å²) in [6.07, 6.45) is 5.44. The van der Waals surface area contributed by atoms with Crippen molar-refractivity contribution in [3.8, 4) is 5.75 Å². The van der Waals surface area contributed by atoms with E-state index in [1.54, 1.807) is 7.11 Å². The molecule has 0 aromatic heterocycles. The molecule has 94 valence electrons. The van der Waals surface area contributed by atoms with E-state index in [9.17, 15) is 0 Å². The predicted octanol–water partition coefficient (Wildman–Crippen LogP) is 3.36. The number of hydrogen-bond acceptors (Lipinski definition) is 2. The molecule has 0 amide bonds. The first kappa shape index (κ1) is 12.4. The maximum Gasteiger partial charge on any atom is 0.118 e. The van der Waals surface area contributed by atoms with Gasteiger partial charge in [0.05, 0.1) is 7.11 Å². The Labute approximate surface area is 104 Å². The smallest absolute Gasteiger partial charge is 0.118 e. The quantitative estimate of drug-likeness (QED) is 0.861. The van der Waals surface area contributed by atoms with E-state index in [1.807, 2.05) is 12.1 Å². The van der Waals surface area contributed by atoms with Gasteiger partial charge in [-0.15, -0.1) is 0 Å². The molecule has 1 aromatic carbocycles. The fourth-order valence-corrected chi connectivity index (χ4v) is 2.63. The third-order valence-corrected chi connectivity index (χ3v) is 3.69. The van der Waals surface area contributed by atoms with Crippen LogP contribution < -0.4 is 10.1 Å². The molecule has 2 nitrogen and oxygen atoms in total. The van der Waals surface area contributed by atoms with Gasteiger partial charge in [-0.1, -0.05) is 31.9 Å². The summed E-state index contributed by atoms with van der Waals surface area (Å²) in [5, 5.41) is 3.66. The molecule has 17 heavy (non-hydrogen) atoms. The number of benzene rings is 1. The highest BCUT2D eigenvalue weighted by Crippen LogP contribution is 2.23. The van der Waals surface area contributed by atoms with Gasteiger partial charge in [0.1, 0.15) is 5.75 Å². The SMILES string of the molecule is COc1ccc(CN[C@H]2CCC[C@@H](C)C2)cc1. The zero-order valence-corrected chi connectivity index (χ0v) is 10.9. The molecule has 2 rings (SSSR count). The molecule has 0 spiro atoms. The van der Waals surface area contributed by atoms with Gasteiger partial charge in [-0.3, -0.25) is 0 Å². The second-order valence-corrected chi connectivity index (χ2v) is 5.20. The summed E-state index contributed by atoms with van der Waals surface area (Å²) in [5.41, 5.74) is 1.34. The Morgan fingerprint density at radius 2 is 2.00 bits per heavy atom. The van der Waals surface area contributed by atoms with E-state index in [0.29, 0.717) is 6.04 Å². The van der Waals surface area contributed by atoms with Gasteiger partial charge in [-0.25, -0.2) is 0 Å². The highest BCUT2D eigenvalue weighted by atomic mass is 16.5. The molecule has 1 fully saturated rings. The van der Waals surface area contributed by atoms with Gasteiger partial charge >= 0.3 is 0 Å². The molecule has 0 aliphatic heterocycles. The van der Waals surface area contributed by atoms with Crippen molar-refractivity contribution in [2.45, 2.75) is 45.2 Å². The Bertz CT molecular complexity index is 333. The van der Waals surface area contributed by atoms with Crippen LogP contribution >= 0.6 is 0 Å². The Balaban J connectivity index is 1.80. The van der Waals surface area contributed by atoms with Crippen LogP contribution in [0.25, 0.3) is 0 Å². The Morgan fingerprint density at radius 1 is 1.24 bits per heavy atom. The highest BCUT2D eigenvalue weighted by molar-refractivity contribution is 5.27. The maximum atomic E-state index is 5.16. The molecule has 1 aliphatic carbocycles. The van der Waals surface area contributed by atoms with E-state index in [4.69, 9.17) is 4.74 Å². The van der Waals surface area contributed by atoms with Crippen molar-refractivity contribution in [1.29, 1.82) is 0 Å². The minimum atomic E-state index is 0.709. The van der Waals surface area contributed by atoms with Crippen LogP contribution in [0.2, 0.25) is 0 Å². The van der Waals surface area contributed by atoms with E-state index in [-0.39, 0.29) is 0 Å². The molecular formula is C15H23NO. The van der Waals surface area contributed by atoms with Crippen LogP contribution in [-0.4, -0.2) is 13.2 Å². The molecule has 1 aromatic rings. The molecular weight excluding hydrogens is 210 g/mol. The molecule has 0 unspecified atom stereocenters. The lowest BCUT2D eigenvalue weighted by Crippen LogP contribution is -2.33. The average molecular weight is 233 g/mol. The number of methoxy groups -OCH3 is 1. The summed E-state index contributed by atoms with van der Waals surface area (Å²) < 4.78 is 5.16. The largest absolute Gasteiger partial charge is 0.497 e. The van der Waals surface area contributed by atoms with E-state index >= 15 is 0 Å². The Hall–Kier alpha value is -1.02. The fourth-order valence-electron chi connectivity index (χ4n) is 2.63. The zero-order valence-electron chi connectivity index (χ0n) is 10.9. The maximum absolute atomic E-state index is 5.16. The van der Waals surface area contributed by atoms with Crippen molar-refractivity contribution in [2.24, 2.45) is 5.92 Å². The summed E-state index contributed by atoms with van der Waals surface area (Å²) in [7, 11) is 1.71. The Kier molecular flexibility index (Phi) is 4.43. The van der Waals surface area contributed by atoms with Crippen LogP contribution in [-0.2, 0) is 6.54 Å². The predicted molar refractivity (Wildman–Crippen MR) is 71.3 cm³/mol. The minimum absolute atomic E-state index is 0.709. The van der Waals surface area contributed by atoms with E-state index in [2.05, 4.69) is 24.4 Å². The minimum Gasteiger partial charge on any atom is -0.497 e. The number of rotatable bonds is 4. The molecule has 2 heteroatoms. The first-order chi connectivity index (χ1) is 8.28. The van der Waals surface area contributed by atoms with Crippen LogP contribution in [0.5, 0.6) is 5.75 Å². The molecule has 0 heterocycles. The summed E-state index contributed by atoms with van der Waals surface area (Å²) in [5.74, 6) is 1.82. The van der Waals surface area contributed by atoms with Gasteiger partial charge in [0, 0.05) is 12.6 Å². The molecule has 2 atom stereocenters. The summed E-state index contributed by atoms with van der Waals surface area (Å²) in [6.45, 7) is 3.34. The van der Waals surface area contributed by atoms with E-state index in [1.165, 1.54) is 31.2 Å². The molecule has 1 N–H and O–H groups in total. The zero-order chi connectivity index (χ0) is 12.1. The third-order valence-electron chi connectivity index (χ3n) is 3.69. The number of hydrogen-bond donors (Lipinski definition) is 1. The van der Waals surface area contributed by atoms with Crippen LogP contribution in [0.3, 0.4) is 0 Å². The molecule has 0 bridgehead atoms. The topological polar surface area (TPSA) is 21.3 Å². The molecule has 1 saturated carbocycles. The van der Waals surface area contributed by atoms with Gasteiger partial charge in [0.2, 0.25) is 0 Å². The standard InChI is InChI=1S/C15H23NO/c1-12-4-3-5-14(10-12)16-11-13-6-8-15(17-2)9-7-13/h6-9,12,14,16H,3-5,10-11H2,1-2H3/t12-,14+/m1/s1. The lowest BCUT2D eigenvalue weighted by molar-refractivity contribution is 0.300. The molecule has 1 aliphatic rings. The van der Waals surface area contributed by atoms with Gasteiger partial charge in [-0.05, 0) is 36.5 Å². The first-order valence-electron chi connectivity index (χ1n) is 6.64. The van der Waals surface area contributed by atoms with Crippen molar-refractivity contribution in [1.82, 2.24) is 5.32 Å². The lowest BCUT2D eigenvalue weighted by atomic mass is 9.87. The second-order valence-electron chi connectivity index (χ2n) is 5.20. The fraction of sp³-hybridized carbons (Fsp3) is 0.600. The highest BCUT2D eigenvalue weighted by Gasteiger charge is 2.17. The number of nitrogens with one attached hydrogen (secondary N) is 1. The van der Waals surface area contributed by atoms with E-state index < -0.39 is 0 Å². The van der Waals surface area contributed by atoms with Crippen molar-refractivity contribution in [3.63, 3.8) is 0 Å². The van der Waals surface area contributed by atoms with Crippen LogP contribution in [0.1, 0.15) is 38.2 Å². The Morgan fingerprint density at radius 3 is 2.65 bits per heavy atom. The van der Waals surface area contributed by atoms with Gasteiger partial charge < -0.3 is 10.1 Å². The average Bonchev–Trinajstić information content (AvgIpc) is 2.37. The van der Waals surface area contributed by atoms with Crippen molar-refractivity contribution >= 4 is 0 Å². The summed E-state index contributed by atoms with van der Waals surface area (Å²) in [6, 6.07) is 9.04. The monoisotopic (exact) mass is 233 g/mol. The third kappa shape index (κ3) is 3.74. The first-order valence-corrected chi connectivity index (χ1v) is 6.64. The van der Waals surface area contributed by atoms with Crippen molar-refractivity contribution < 1.29 is 4.74 Å². The van der Waals surface area contributed by atoms with Crippen LogP contribution in [0.15, 0.2) is 24.3 Å². The van der Waals surface area contributed by atoms with Crippen LogP contribution in [0.4, 0.5) is 0 Å². The lowest BCUT2D eigenvalue weighted by Gasteiger charge is -2.27.